The highest BCUT2D eigenvalue weighted by Gasteiger charge is 2.14. The predicted molar refractivity (Wildman–Crippen MR) is 103 cm³/mol. The van der Waals surface area contributed by atoms with Gasteiger partial charge in [-0.2, -0.15) is 5.10 Å². The number of fused-ring (bicyclic) bond motifs is 2. The summed E-state index contributed by atoms with van der Waals surface area (Å²) in [5, 5.41) is 12.5. The molecular formula is C19H19N7. The highest BCUT2D eigenvalue weighted by atomic mass is 15.1. The maximum absolute atomic E-state index is 4.45. The zero-order valence-corrected chi connectivity index (χ0v) is 14.5. The Balaban J connectivity index is 1.51. The van der Waals surface area contributed by atoms with E-state index in [1.54, 1.807) is 6.33 Å². The van der Waals surface area contributed by atoms with E-state index in [1.165, 1.54) is 5.57 Å². The van der Waals surface area contributed by atoms with E-state index in [0.29, 0.717) is 0 Å². The second-order valence-electron chi connectivity index (χ2n) is 6.71. The van der Waals surface area contributed by atoms with Crippen LogP contribution < -0.4 is 5.32 Å². The number of hydrogen-bond acceptors (Lipinski definition) is 5. The maximum atomic E-state index is 4.45. The minimum atomic E-state index is 0.800. The molecule has 7 heteroatoms. The molecule has 0 atom stereocenters. The summed E-state index contributed by atoms with van der Waals surface area (Å²) in [4.78, 5) is 14.6. The Morgan fingerprint density at radius 1 is 1.19 bits per heavy atom. The zero-order valence-electron chi connectivity index (χ0n) is 14.5. The Morgan fingerprint density at radius 3 is 3.04 bits per heavy atom. The summed E-state index contributed by atoms with van der Waals surface area (Å²) in [6, 6.07) is 8.22. The number of anilines is 2. The number of rotatable bonds is 3. The Bertz CT molecular complexity index is 1120. The van der Waals surface area contributed by atoms with Gasteiger partial charge in [-0.3, -0.25) is 5.10 Å². The molecule has 0 radical (unpaired) electrons. The van der Waals surface area contributed by atoms with Gasteiger partial charge in [-0.15, -0.1) is 0 Å². The molecule has 0 bridgehead atoms. The van der Waals surface area contributed by atoms with Crippen molar-refractivity contribution < 1.29 is 0 Å². The molecule has 5 rings (SSSR count). The first-order valence-corrected chi connectivity index (χ1v) is 8.68. The van der Waals surface area contributed by atoms with Crippen molar-refractivity contribution in [2.24, 2.45) is 0 Å². The molecule has 4 aromatic rings. The molecule has 0 spiro atoms. The Kier molecular flexibility index (Phi) is 3.46. The lowest BCUT2D eigenvalue weighted by Crippen LogP contribution is -2.23. The maximum Gasteiger partial charge on any atom is 0.143 e. The first-order valence-electron chi connectivity index (χ1n) is 8.68. The molecule has 4 heterocycles. The summed E-state index contributed by atoms with van der Waals surface area (Å²) in [7, 11) is 2.14. The summed E-state index contributed by atoms with van der Waals surface area (Å²) in [6.45, 7) is 2.05. The zero-order chi connectivity index (χ0) is 17.5. The molecule has 130 valence electrons. The van der Waals surface area contributed by atoms with Crippen molar-refractivity contribution in [3.8, 4) is 0 Å². The molecule has 7 nitrogen and oxygen atoms in total. The molecule has 1 aliphatic heterocycles. The molecular weight excluding hydrogens is 326 g/mol. The van der Waals surface area contributed by atoms with Crippen molar-refractivity contribution in [3.63, 3.8) is 0 Å². The molecule has 3 N–H and O–H groups in total. The molecule has 0 saturated carbocycles. The third kappa shape index (κ3) is 2.62. The molecule has 0 saturated heterocycles. The van der Waals surface area contributed by atoms with Gasteiger partial charge in [0.05, 0.1) is 17.1 Å². The van der Waals surface area contributed by atoms with Gasteiger partial charge < -0.3 is 15.2 Å². The fourth-order valence-electron chi connectivity index (χ4n) is 3.38. The van der Waals surface area contributed by atoms with Gasteiger partial charge in [0.25, 0.3) is 0 Å². The number of nitrogens with zero attached hydrogens (tertiary/aromatic N) is 4. The van der Waals surface area contributed by atoms with Crippen molar-refractivity contribution >= 4 is 39.0 Å². The fourth-order valence-corrected chi connectivity index (χ4v) is 3.38. The molecule has 0 amide bonds. The average molecular weight is 345 g/mol. The van der Waals surface area contributed by atoms with E-state index < -0.39 is 0 Å². The largest absolute Gasteiger partial charge is 0.340 e. The standard InChI is InChI=1S/C19H19N7/c1-26-6-4-12(5-7-26)17-9-15-18(20-11-21-19(15)24-17)23-14-2-3-16-13(8-14)10-22-25-16/h2-4,8-11H,5-7H2,1H3,(H,22,25)(H2,20,21,23,24). The van der Waals surface area contributed by atoms with Crippen LogP contribution in [-0.4, -0.2) is 50.2 Å². The Hall–Kier alpha value is -3.19. The number of benzene rings is 1. The summed E-state index contributed by atoms with van der Waals surface area (Å²) < 4.78 is 0. The van der Waals surface area contributed by atoms with Crippen LogP contribution >= 0.6 is 0 Å². The van der Waals surface area contributed by atoms with E-state index in [2.05, 4.69) is 60.6 Å². The summed E-state index contributed by atoms with van der Waals surface area (Å²) in [6.07, 6.45) is 6.72. The van der Waals surface area contributed by atoms with Crippen LogP contribution in [0.1, 0.15) is 12.1 Å². The quantitative estimate of drug-likeness (QED) is 0.530. The van der Waals surface area contributed by atoms with Crippen LogP contribution in [0.2, 0.25) is 0 Å². The number of hydrogen-bond donors (Lipinski definition) is 3. The lowest BCUT2D eigenvalue weighted by Gasteiger charge is -2.21. The van der Waals surface area contributed by atoms with E-state index >= 15 is 0 Å². The summed E-state index contributed by atoms with van der Waals surface area (Å²) >= 11 is 0. The van der Waals surface area contributed by atoms with Gasteiger partial charge in [0.15, 0.2) is 0 Å². The average Bonchev–Trinajstić information content (AvgIpc) is 3.29. The number of aromatic amines is 2. The monoisotopic (exact) mass is 345 g/mol. The molecule has 0 aliphatic carbocycles. The Morgan fingerprint density at radius 2 is 2.15 bits per heavy atom. The van der Waals surface area contributed by atoms with Crippen LogP contribution in [-0.2, 0) is 0 Å². The van der Waals surface area contributed by atoms with Crippen molar-refractivity contribution in [2.75, 3.05) is 25.5 Å². The topological polar surface area (TPSA) is 85.5 Å². The third-order valence-electron chi connectivity index (χ3n) is 4.89. The lowest BCUT2D eigenvalue weighted by molar-refractivity contribution is 0.370. The van der Waals surface area contributed by atoms with Gasteiger partial charge in [0.2, 0.25) is 0 Å². The molecule has 1 aliphatic rings. The minimum absolute atomic E-state index is 0.800. The third-order valence-corrected chi connectivity index (χ3v) is 4.89. The van der Waals surface area contributed by atoms with E-state index in [9.17, 15) is 0 Å². The van der Waals surface area contributed by atoms with Crippen LogP contribution in [0.5, 0.6) is 0 Å². The highest BCUT2D eigenvalue weighted by Crippen LogP contribution is 2.29. The van der Waals surface area contributed by atoms with Gasteiger partial charge in [0.1, 0.15) is 17.8 Å². The smallest absolute Gasteiger partial charge is 0.143 e. The molecule has 26 heavy (non-hydrogen) atoms. The van der Waals surface area contributed by atoms with Crippen LogP contribution in [0.3, 0.4) is 0 Å². The van der Waals surface area contributed by atoms with Crippen molar-refractivity contribution in [1.29, 1.82) is 0 Å². The SMILES string of the molecule is CN1CC=C(c2cc3c(Nc4ccc5[nH]ncc5c4)ncnc3[nH]2)CC1. The minimum Gasteiger partial charge on any atom is -0.340 e. The number of aromatic nitrogens is 5. The second kappa shape index (κ2) is 5.96. The second-order valence-corrected chi connectivity index (χ2v) is 6.71. The van der Waals surface area contributed by atoms with E-state index in [1.807, 2.05) is 18.3 Å². The fraction of sp³-hybridized carbons (Fsp3) is 0.211. The number of H-pyrrole nitrogens is 2. The molecule has 0 fully saturated rings. The van der Waals surface area contributed by atoms with E-state index in [4.69, 9.17) is 0 Å². The van der Waals surface area contributed by atoms with Gasteiger partial charge >= 0.3 is 0 Å². The number of likely N-dealkylation sites (N-methyl/N-ethyl adjacent to an activating group) is 1. The van der Waals surface area contributed by atoms with Gasteiger partial charge in [-0.25, -0.2) is 9.97 Å². The van der Waals surface area contributed by atoms with Crippen molar-refractivity contribution in [3.05, 3.63) is 48.6 Å². The summed E-state index contributed by atoms with van der Waals surface area (Å²) in [5.41, 5.74) is 5.30. The van der Waals surface area contributed by atoms with Crippen LogP contribution in [0, 0.1) is 0 Å². The number of nitrogens with one attached hydrogen (secondary N) is 3. The van der Waals surface area contributed by atoms with Gasteiger partial charge in [-0.05, 0) is 43.3 Å². The van der Waals surface area contributed by atoms with Crippen molar-refractivity contribution in [2.45, 2.75) is 6.42 Å². The van der Waals surface area contributed by atoms with Crippen LogP contribution in [0.15, 0.2) is 42.9 Å². The van der Waals surface area contributed by atoms with E-state index in [-0.39, 0.29) is 0 Å². The van der Waals surface area contributed by atoms with Crippen LogP contribution in [0.4, 0.5) is 11.5 Å². The highest BCUT2D eigenvalue weighted by molar-refractivity contribution is 5.93. The molecule has 1 aromatic carbocycles. The Labute approximate surface area is 150 Å². The van der Waals surface area contributed by atoms with Crippen LogP contribution in [0.25, 0.3) is 27.5 Å². The lowest BCUT2D eigenvalue weighted by atomic mass is 10.1. The molecule has 0 unspecified atom stereocenters. The summed E-state index contributed by atoms with van der Waals surface area (Å²) in [5.74, 6) is 0.800. The van der Waals surface area contributed by atoms with Crippen molar-refractivity contribution in [1.82, 2.24) is 30.0 Å². The van der Waals surface area contributed by atoms with Gasteiger partial charge in [-0.1, -0.05) is 6.08 Å². The molecule has 3 aromatic heterocycles. The first kappa shape index (κ1) is 15.1. The van der Waals surface area contributed by atoms with E-state index in [0.717, 1.165) is 58.6 Å². The first-order chi connectivity index (χ1) is 12.8. The predicted octanol–water partition coefficient (Wildman–Crippen LogP) is 3.30. The normalized spacial score (nSPS) is 15.5. The van der Waals surface area contributed by atoms with Gasteiger partial charge in [0, 0.05) is 29.9 Å².